The number of carbonyl (C=O) groups excluding carboxylic acids is 2. The van der Waals surface area contributed by atoms with E-state index in [1.54, 1.807) is 6.92 Å². The van der Waals surface area contributed by atoms with Crippen LogP contribution in [0.5, 0.6) is 0 Å². The number of nitrogens with one attached hydrogen (secondary N) is 2. The van der Waals surface area contributed by atoms with Gasteiger partial charge in [0.05, 0.1) is 6.61 Å². The van der Waals surface area contributed by atoms with Gasteiger partial charge in [0, 0.05) is 25.2 Å². The first-order valence-corrected chi connectivity index (χ1v) is 6.63. The van der Waals surface area contributed by atoms with Crippen molar-refractivity contribution in [1.82, 2.24) is 15.5 Å². The lowest BCUT2D eigenvalue weighted by Gasteiger charge is -2.16. The number of carbonyl (C=O) groups is 2. The van der Waals surface area contributed by atoms with Crippen LogP contribution in [0.25, 0.3) is 0 Å². The smallest absolute Gasteiger partial charge is 0.325 e. The second-order valence-corrected chi connectivity index (χ2v) is 4.84. The molecule has 0 aromatic rings. The monoisotopic (exact) mass is 255 g/mol. The molecule has 0 aromatic carbocycles. The zero-order chi connectivity index (χ0) is 13.0. The molecule has 1 aliphatic carbocycles. The summed E-state index contributed by atoms with van der Waals surface area (Å²) >= 11 is 0. The Balaban J connectivity index is 1.60. The summed E-state index contributed by atoms with van der Waals surface area (Å²) in [5, 5.41) is 5.40. The zero-order valence-electron chi connectivity index (χ0n) is 10.8. The van der Waals surface area contributed by atoms with E-state index >= 15 is 0 Å². The second-order valence-electron chi connectivity index (χ2n) is 4.84. The highest BCUT2D eigenvalue weighted by atomic mass is 16.5. The molecular weight excluding hydrogens is 234 g/mol. The number of urea groups is 1. The lowest BCUT2D eigenvalue weighted by atomic mass is 10.3. The van der Waals surface area contributed by atoms with Gasteiger partial charge in [0.25, 0.3) is 0 Å². The van der Waals surface area contributed by atoms with Crippen molar-refractivity contribution in [2.24, 2.45) is 0 Å². The van der Waals surface area contributed by atoms with E-state index in [1.807, 2.05) is 0 Å². The quantitative estimate of drug-likeness (QED) is 0.683. The third-order valence-electron chi connectivity index (χ3n) is 3.32. The van der Waals surface area contributed by atoms with Gasteiger partial charge in [-0.3, -0.25) is 9.69 Å². The maximum Gasteiger partial charge on any atom is 0.325 e. The fraction of sp³-hybridized carbons (Fsp3) is 0.833. The molecule has 2 rings (SSSR count). The van der Waals surface area contributed by atoms with Gasteiger partial charge >= 0.3 is 12.0 Å². The first-order chi connectivity index (χ1) is 8.69. The lowest BCUT2D eigenvalue weighted by Crippen LogP contribution is -2.45. The summed E-state index contributed by atoms with van der Waals surface area (Å²) in [5.41, 5.74) is 0. The first-order valence-electron chi connectivity index (χ1n) is 6.63. The Morgan fingerprint density at radius 2 is 2.11 bits per heavy atom. The molecule has 1 aliphatic heterocycles. The Kier molecular flexibility index (Phi) is 4.41. The Bertz CT molecular complexity index is 318. The van der Waals surface area contributed by atoms with Crippen LogP contribution in [0.2, 0.25) is 0 Å². The standard InChI is InChI=1S/C12H21N3O3/c1-2-18-11(16)7-13-12(17)14-9-5-6-15(8-9)10-3-4-10/h9-10H,2-8H2,1H3,(H2,13,14,17). The number of ether oxygens (including phenoxy) is 1. The maximum absolute atomic E-state index is 11.6. The molecule has 6 heteroatoms. The van der Waals surface area contributed by atoms with Crippen molar-refractivity contribution in [3.63, 3.8) is 0 Å². The Morgan fingerprint density at radius 1 is 1.33 bits per heavy atom. The van der Waals surface area contributed by atoms with E-state index in [-0.39, 0.29) is 18.6 Å². The average molecular weight is 255 g/mol. The summed E-state index contributed by atoms with van der Waals surface area (Å²) in [7, 11) is 0. The molecule has 1 heterocycles. The number of amides is 2. The SMILES string of the molecule is CCOC(=O)CNC(=O)NC1CCN(C2CC2)C1. The Labute approximate surface area is 107 Å². The minimum Gasteiger partial charge on any atom is -0.465 e. The van der Waals surface area contributed by atoms with Crippen LogP contribution in [-0.4, -0.2) is 55.2 Å². The van der Waals surface area contributed by atoms with Crippen molar-refractivity contribution < 1.29 is 14.3 Å². The highest BCUT2D eigenvalue weighted by molar-refractivity contribution is 5.80. The Morgan fingerprint density at radius 3 is 2.78 bits per heavy atom. The number of likely N-dealkylation sites (tertiary alicyclic amines) is 1. The van der Waals surface area contributed by atoms with Gasteiger partial charge in [-0.1, -0.05) is 0 Å². The summed E-state index contributed by atoms with van der Waals surface area (Å²) in [6, 6.07) is 0.665. The summed E-state index contributed by atoms with van der Waals surface area (Å²) in [4.78, 5) is 25.0. The van der Waals surface area contributed by atoms with Crippen molar-refractivity contribution in [2.45, 2.75) is 38.3 Å². The van der Waals surface area contributed by atoms with Gasteiger partial charge in [-0.2, -0.15) is 0 Å². The minimum absolute atomic E-state index is 0.0707. The molecule has 2 fully saturated rings. The van der Waals surface area contributed by atoms with Gasteiger partial charge in [-0.05, 0) is 26.2 Å². The third kappa shape index (κ3) is 3.87. The number of hydrogen-bond donors (Lipinski definition) is 2. The van der Waals surface area contributed by atoms with Crippen LogP contribution in [0, 0.1) is 0 Å². The first kappa shape index (κ1) is 13.1. The molecule has 0 spiro atoms. The van der Waals surface area contributed by atoms with E-state index in [0.717, 1.165) is 25.6 Å². The number of rotatable bonds is 5. The summed E-state index contributed by atoms with van der Waals surface area (Å²) in [6.07, 6.45) is 3.58. The molecular formula is C12H21N3O3. The normalized spacial score (nSPS) is 23.7. The fourth-order valence-electron chi connectivity index (χ4n) is 2.28. The minimum atomic E-state index is -0.404. The van der Waals surface area contributed by atoms with Crippen LogP contribution in [0.3, 0.4) is 0 Å². The van der Waals surface area contributed by atoms with Gasteiger partial charge in [-0.25, -0.2) is 4.79 Å². The largest absolute Gasteiger partial charge is 0.465 e. The molecule has 6 nitrogen and oxygen atoms in total. The molecule has 102 valence electrons. The van der Waals surface area contributed by atoms with E-state index < -0.39 is 5.97 Å². The van der Waals surface area contributed by atoms with E-state index in [2.05, 4.69) is 15.5 Å². The van der Waals surface area contributed by atoms with Crippen LogP contribution in [0.15, 0.2) is 0 Å². The molecule has 1 saturated carbocycles. The highest BCUT2D eigenvalue weighted by Crippen LogP contribution is 2.29. The van der Waals surface area contributed by atoms with Gasteiger partial charge < -0.3 is 15.4 Å². The number of hydrogen-bond acceptors (Lipinski definition) is 4. The summed E-state index contributed by atoms with van der Waals surface area (Å²) < 4.78 is 4.73. The fourth-order valence-corrected chi connectivity index (χ4v) is 2.28. The van der Waals surface area contributed by atoms with E-state index in [9.17, 15) is 9.59 Å². The van der Waals surface area contributed by atoms with Crippen molar-refractivity contribution in [3.05, 3.63) is 0 Å². The van der Waals surface area contributed by atoms with Crippen molar-refractivity contribution >= 4 is 12.0 Å². The predicted octanol–water partition coefficient (Wildman–Crippen LogP) is 0.0854. The molecule has 1 atom stereocenters. The van der Waals surface area contributed by atoms with Crippen LogP contribution in [-0.2, 0) is 9.53 Å². The summed E-state index contributed by atoms with van der Waals surface area (Å²) in [6.45, 7) is 3.99. The van der Waals surface area contributed by atoms with Gasteiger partial charge in [0.1, 0.15) is 6.54 Å². The maximum atomic E-state index is 11.6. The topological polar surface area (TPSA) is 70.7 Å². The van der Waals surface area contributed by atoms with Crippen molar-refractivity contribution in [2.75, 3.05) is 26.2 Å². The molecule has 0 aromatic heterocycles. The van der Waals surface area contributed by atoms with Crippen LogP contribution in [0.1, 0.15) is 26.2 Å². The van der Waals surface area contributed by atoms with Crippen LogP contribution in [0.4, 0.5) is 4.79 Å². The van der Waals surface area contributed by atoms with Crippen LogP contribution >= 0.6 is 0 Å². The average Bonchev–Trinajstić information content (AvgIpc) is 3.09. The molecule has 2 aliphatic rings. The number of esters is 1. The third-order valence-corrected chi connectivity index (χ3v) is 3.32. The zero-order valence-corrected chi connectivity index (χ0v) is 10.8. The molecule has 2 amide bonds. The molecule has 2 N–H and O–H groups in total. The molecule has 1 unspecified atom stereocenters. The van der Waals surface area contributed by atoms with Gasteiger partial charge in [0.15, 0.2) is 0 Å². The van der Waals surface area contributed by atoms with Crippen molar-refractivity contribution in [1.29, 1.82) is 0 Å². The van der Waals surface area contributed by atoms with Gasteiger partial charge in [0.2, 0.25) is 0 Å². The van der Waals surface area contributed by atoms with Crippen molar-refractivity contribution in [3.8, 4) is 0 Å². The molecule has 0 radical (unpaired) electrons. The van der Waals surface area contributed by atoms with E-state index in [1.165, 1.54) is 12.8 Å². The molecule has 1 saturated heterocycles. The molecule has 0 bridgehead atoms. The second kappa shape index (κ2) is 6.04. The Hall–Kier alpha value is -1.30. The highest BCUT2D eigenvalue weighted by Gasteiger charge is 2.34. The predicted molar refractivity (Wildman–Crippen MR) is 66.2 cm³/mol. The summed E-state index contributed by atoms with van der Waals surface area (Å²) in [5.74, 6) is -0.404. The van der Waals surface area contributed by atoms with E-state index in [0.29, 0.717) is 6.61 Å². The van der Waals surface area contributed by atoms with E-state index in [4.69, 9.17) is 4.74 Å². The molecule has 18 heavy (non-hydrogen) atoms. The number of nitrogens with zero attached hydrogens (tertiary/aromatic N) is 1. The van der Waals surface area contributed by atoms with Gasteiger partial charge in [-0.15, -0.1) is 0 Å². The van der Waals surface area contributed by atoms with Crippen LogP contribution < -0.4 is 10.6 Å². The lowest BCUT2D eigenvalue weighted by molar-refractivity contribution is -0.141.